The molecule has 132 valence electrons. The predicted octanol–water partition coefficient (Wildman–Crippen LogP) is 5.11. The summed E-state index contributed by atoms with van der Waals surface area (Å²) in [4.78, 5) is 9.00. The van der Waals surface area contributed by atoms with Crippen LogP contribution < -0.4 is 4.74 Å². The summed E-state index contributed by atoms with van der Waals surface area (Å²) in [5.41, 5.74) is 3.35. The molecule has 0 aliphatic heterocycles. The van der Waals surface area contributed by atoms with Crippen LogP contribution in [0.15, 0.2) is 30.3 Å². The minimum absolute atomic E-state index is 0.202. The number of nitrogens with zero attached hydrogens (tertiary/aromatic N) is 3. The lowest BCUT2D eigenvalue weighted by Gasteiger charge is -2.11. The molecule has 0 bridgehead atoms. The fourth-order valence-electron chi connectivity index (χ4n) is 3.22. The van der Waals surface area contributed by atoms with Gasteiger partial charge < -0.3 is 4.74 Å². The Bertz CT molecular complexity index is 1190. The Morgan fingerprint density at radius 2 is 1.77 bits per heavy atom. The number of hydrogen-bond acceptors (Lipinski definition) is 3. The molecule has 4 rings (SSSR count). The molecule has 0 aliphatic carbocycles. The zero-order valence-corrected chi connectivity index (χ0v) is 15.0. The van der Waals surface area contributed by atoms with E-state index >= 15 is 0 Å². The fourth-order valence-corrected chi connectivity index (χ4v) is 3.47. The maximum Gasteiger partial charge on any atom is 0.154 e. The molecule has 0 saturated heterocycles. The van der Waals surface area contributed by atoms with E-state index in [0.717, 1.165) is 11.2 Å². The lowest BCUT2D eigenvalue weighted by atomic mass is 10.2. The number of ether oxygens (including phenoxy) is 1. The van der Waals surface area contributed by atoms with Crippen LogP contribution in [0.3, 0.4) is 0 Å². The summed E-state index contributed by atoms with van der Waals surface area (Å²) in [5.74, 6) is -0.0753. The van der Waals surface area contributed by atoms with Crippen molar-refractivity contribution >= 4 is 28.2 Å². The van der Waals surface area contributed by atoms with Gasteiger partial charge in [0.1, 0.15) is 22.9 Å². The van der Waals surface area contributed by atoms with Crippen molar-refractivity contribution in [3.05, 3.63) is 58.4 Å². The van der Waals surface area contributed by atoms with Crippen LogP contribution >= 0.6 is 11.6 Å². The molecular formula is C19H14ClF2N3O. The van der Waals surface area contributed by atoms with E-state index in [9.17, 15) is 8.78 Å². The molecule has 0 amide bonds. The Kier molecular flexibility index (Phi) is 3.80. The first-order valence-corrected chi connectivity index (χ1v) is 8.27. The van der Waals surface area contributed by atoms with E-state index in [1.807, 2.05) is 6.92 Å². The van der Waals surface area contributed by atoms with E-state index in [1.165, 1.54) is 25.3 Å². The number of benzene rings is 2. The minimum atomic E-state index is -0.494. The molecule has 4 aromatic rings. The van der Waals surface area contributed by atoms with E-state index < -0.39 is 11.6 Å². The minimum Gasteiger partial charge on any atom is -0.497 e. The van der Waals surface area contributed by atoms with Crippen LogP contribution in [0, 0.1) is 25.5 Å². The molecule has 2 aromatic carbocycles. The summed E-state index contributed by atoms with van der Waals surface area (Å²) in [6, 6.07) is 7.08. The van der Waals surface area contributed by atoms with E-state index in [-0.39, 0.29) is 10.5 Å². The Morgan fingerprint density at radius 1 is 1.04 bits per heavy atom. The number of rotatable bonds is 2. The quantitative estimate of drug-likeness (QED) is 0.490. The van der Waals surface area contributed by atoms with Gasteiger partial charge >= 0.3 is 0 Å². The van der Waals surface area contributed by atoms with E-state index in [1.54, 1.807) is 23.5 Å². The fraction of sp³-hybridized carbons (Fsp3) is 0.158. The standard InChI is InChI=1S/C19H14ClF2N3O/c1-9-18-10(2)24-19(13-5-4-11(21)6-14(13)20)25(18)16-8-12(26-3)7-15(22)17(16)23-9/h4-8H,1-3H3. The van der Waals surface area contributed by atoms with Crippen LogP contribution in [0.1, 0.15) is 11.4 Å². The zero-order chi connectivity index (χ0) is 18.6. The summed E-state index contributed by atoms with van der Waals surface area (Å²) in [5, 5.41) is 0.225. The van der Waals surface area contributed by atoms with Crippen molar-refractivity contribution < 1.29 is 13.5 Å². The van der Waals surface area contributed by atoms with Crippen LogP contribution in [-0.4, -0.2) is 21.5 Å². The van der Waals surface area contributed by atoms with Gasteiger partial charge in [-0.05, 0) is 32.0 Å². The third-order valence-electron chi connectivity index (χ3n) is 4.34. The average Bonchev–Trinajstić information content (AvgIpc) is 2.94. The second kappa shape index (κ2) is 5.92. The first-order chi connectivity index (χ1) is 12.4. The van der Waals surface area contributed by atoms with Gasteiger partial charge in [-0.25, -0.2) is 18.7 Å². The Morgan fingerprint density at radius 3 is 2.46 bits per heavy atom. The highest BCUT2D eigenvalue weighted by molar-refractivity contribution is 6.33. The average molecular weight is 374 g/mol. The lowest BCUT2D eigenvalue weighted by molar-refractivity contribution is 0.412. The third kappa shape index (κ3) is 2.41. The monoisotopic (exact) mass is 373 g/mol. The molecule has 26 heavy (non-hydrogen) atoms. The summed E-state index contributed by atoms with van der Waals surface area (Å²) in [7, 11) is 1.47. The van der Waals surface area contributed by atoms with Crippen LogP contribution in [0.25, 0.3) is 27.9 Å². The highest BCUT2D eigenvalue weighted by atomic mass is 35.5. The molecule has 2 aromatic heterocycles. The van der Waals surface area contributed by atoms with Crippen molar-refractivity contribution in [2.75, 3.05) is 7.11 Å². The van der Waals surface area contributed by atoms with E-state index in [0.29, 0.717) is 28.3 Å². The van der Waals surface area contributed by atoms with Crippen molar-refractivity contribution in [1.82, 2.24) is 14.4 Å². The number of halogens is 3. The third-order valence-corrected chi connectivity index (χ3v) is 4.65. The highest BCUT2D eigenvalue weighted by Gasteiger charge is 2.20. The van der Waals surface area contributed by atoms with E-state index in [4.69, 9.17) is 16.3 Å². The smallest absolute Gasteiger partial charge is 0.154 e. The Balaban J connectivity index is 2.21. The largest absolute Gasteiger partial charge is 0.497 e. The zero-order valence-electron chi connectivity index (χ0n) is 14.3. The van der Waals surface area contributed by atoms with Crippen molar-refractivity contribution in [3.8, 4) is 17.1 Å². The summed E-state index contributed by atoms with van der Waals surface area (Å²) in [6.07, 6.45) is 0. The SMILES string of the molecule is COc1cc(F)c2nc(C)c3c(C)nc(-c4ccc(F)cc4Cl)n3c2c1. The Labute approximate surface area is 153 Å². The first-order valence-electron chi connectivity index (χ1n) is 7.89. The number of fused-ring (bicyclic) bond motifs is 3. The second-order valence-corrected chi connectivity index (χ2v) is 6.41. The predicted molar refractivity (Wildman–Crippen MR) is 96.9 cm³/mol. The normalized spacial score (nSPS) is 11.5. The van der Waals surface area contributed by atoms with Crippen LogP contribution in [-0.2, 0) is 0 Å². The van der Waals surface area contributed by atoms with Gasteiger partial charge in [-0.3, -0.25) is 4.40 Å². The number of aryl methyl sites for hydroxylation is 2. The second-order valence-electron chi connectivity index (χ2n) is 6.00. The van der Waals surface area contributed by atoms with Crippen molar-refractivity contribution in [1.29, 1.82) is 0 Å². The van der Waals surface area contributed by atoms with Crippen molar-refractivity contribution in [2.24, 2.45) is 0 Å². The molecule has 0 aliphatic rings. The number of hydrogen-bond donors (Lipinski definition) is 0. The van der Waals surface area contributed by atoms with E-state index in [2.05, 4.69) is 9.97 Å². The molecule has 0 unspecified atom stereocenters. The van der Waals surface area contributed by atoms with Crippen molar-refractivity contribution in [2.45, 2.75) is 13.8 Å². The summed E-state index contributed by atoms with van der Waals surface area (Å²) >= 11 is 6.25. The van der Waals surface area contributed by atoms with Crippen LogP contribution in [0.4, 0.5) is 8.78 Å². The number of methoxy groups -OCH3 is 1. The topological polar surface area (TPSA) is 39.4 Å². The maximum absolute atomic E-state index is 14.6. The first kappa shape index (κ1) is 16.7. The molecule has 0 spiro atoms. The lowest BCUT2D eigenvalue weighted by Crippen LogP contribution is -2.00. The summed E-state index contributed by atoms with van der Waals surface area (Å²) < 4.78 is 35.0. The summed E-state index contributed by atoms with van der Waals surface area (Å²) in [6.45, 7) is 3.64. The van der Waals surface area contributed by atoms with Crippen LogP contribution in [0.5, 0.6) is 5.75 Å². The van der Waals surface area contributed by atoms with Gasteiger partial charge in [0.05, 0.1) is 34.6 Å². The molecule has 0 atom stereocenters. The van der Waals surface area contributed by atoms with Gasteiger partial charge in [-0.1, -0.05) is 11.6 Å². The van der Waals surface area contributed by atoms with Gasteiger partial charge in [-0.15, -0.1) is 0 Å². The van der Waals surface area contributed by atoms with Crippen LogP contribution in [0.2, 0.25) is 5.02 Å². The number of imidazole rings is 1. The van der Waals surface area contributed by atoms with Gasteiger partial charge in [0, 0.05) is 17.7 Å². The molecule has 2 heterocycles. The molecular weight excluding hydrogens is 360 g/mol. The molecule has 7 heteroatoms. The molecule has 0 saturated carbocycles. The molecule has 4 nitrogen and oxygen atoms in total. The van der Waals surface area contributed by atoms with Gasteiger partial charge in [0.15, 0.2) is 5.82 Å². The van der Waals surface area contributed by atoms with Gasteiger partial charge in [0.2, 0.25) is 0 Å². The Hall–Kier alpha value is -2.73. The van der Waals surface area contributed by atoms with Crippen molar-refractivity contribution in [3.63, 3.8) is 0 Å². The maximum atomic E-state index is 14.6. The molecule has 0 fully saturated rings. The molecule has 0 N–H and O–H groups in total. The number of aromatic nitrogens is 3. The highest BCUT2D eigenvalue weighted by Crippen LogP contribution is 2.34. The van der Waals surface area contributed by atoms with Gasteiger partial charge in [-0.2, -0.15) is 0 Å². The van der Waals surface area contributed by atoms with Gasteiger partial charge in [0.25, 0.3) is 0 Å². The molecule has 0 radical (unpaired) electrons.